The molecule has 2 fully saturated rings. The van der Waals surface area contributed by atoms with Crippen molar-refractivity contribution in [3.8, 4) is 5.75 Å². The third kappa shape index (κ3) is 3.16. The molecule has 2 saturated carbocycles. The number of ether oxygens (including phenoxy) is 1. The van der Waals surface area contributed by atoms with Crippen LogP contribution in [-0.2, 0) is 5.54 Å². The molecule has 1 aromatic carbocycles. The van der Waals surface area contributed by atoms with Gasteiger partial charge in [0.15, 0.2) is 5.75 Å². The lowest BCUT2D eigenvalue weighted by atomic mass is 9.76. The highest BCUT2D eigenvalue weighted by Crippen LogP contribution is 2.46. The summed E-state index contributed by atoms with van der Waals surface area (Å²) >= 11 is 0. The molecule has 1 aromatic heterocycles. The average Bonchev–Trinajstić information content (AvgIpc) is 3.46. The number of hydrogen-bond acceptors (Lipinski definition) is 4. The van der Waals surface area contributed by atoms with Gasteiger partial charge in [0, 0.05) is 17.8 Å². The molecular formula is C20H24ClFN2O4. The summed E-state index contributed by atoms with van der Waals surface area (Å²) in [5.41, 5.74) is 5.44. The van der Waals surface area contributed by atoms with E-state index < -0.39 is 22.8 Å². The fourth-order valence-electron chi connectivity index (χ4n) is 4.34. The summed E-state index contributed by atoms with van der Waals surface area (Å²) in [6.45, 7) is 0. The van der Waals surface area contributed by atoms with Crippen LogP contribution in [0.15, 0.2) is 17.1 Å². The van der Waals surface area contributed by atoms with E-state index in [4.69, 9.17) is 10.5 Å². The maximum atomic E-state index is 15.2. The van der Waals surface area contributed by atoms with Crippen LogP contribution in [0.3, 0.4) is 0 Å². The van der Waals surface area contributed by atoms with Gasteiger partial charge in [0.2, 0.25) is 5.43 Å². The Morgan fingerprint density at radius 1 is 1.32 bits per heavy atom. The molecule has 0 amide bonds. The smallest absolute Gasteiger partial charge is 0.341 e. The Morgan fingerprint density at radius 3 is 2.50 bits per heavy atom. The predicted molar refractivity (Wildman–Crippen MR) is 106 cm³/mol. The second-order valence-corrected chi connectivity index (χ2v) is 7.70. The lowest BCUT2D eigenvalue weighted by Gasteiger charge is -2.35. The molecule has 0 spiro atoms. The molecule has 4 rings (SSSR count). The fourth-order valence-corrected chi connectivity index (χ4v) is 4.34. The molecule has 0 unspecified atom stereocenters. The first kappa shape index (κ1) is 20.6. The van der Waals surface area contributed by atoms with Crippen molar-refractivity contribution in [2.75, 3.05) is 7.11 Å². The lowest BCUT2D eigenvalue weighted by molar-refractivity contribution is 0.0694. The monoisotopic (exact) mass is 410 g/mol. The fraction of sp³-hybridized carbons (Fsp3) is 0.500. The van der Waals surface area contributed by atoms with Crippen LogP contribution in [0.1, 0.15) is 66.9 Å². The minimum absolute atomic E-state index is 0. The summed E-state index contributed by atoms with van der Waals surface area (Å²) < 4.78 is 22.6. The van der Waals surface area contributed by atoms with E-state index in [1.54, 1.807) is 4.57 Å². The van der Waals surface area contributed by atoms with Crippen LogP contribution in [0.4, 0.5) is 4.39 Å². The van der Waals surface area contributed by atoms with Crippen molar-refractivity contribution in [1.29, 1.82) is 0 Å². The van der Waals surface area contributed by atoms with Gasteiger partial charge in [-0.3, -0.25) is 4.79 Å². The Morgan fingerprint density at radius 2 is 1.96 bits per heavy atom. The SMILES string of the molecule is COc1c(C2(N)CCCCC2)c(F)cc2c(=O)c(C(=O)O)cn(C3CC3)c12.Cl. The van der Waals surface area contributed by atoms with Crippen LogP contribution in [0.25, 0.3) is 10.9 Å². The maximum absolute atomic E-state index is 15.2. The van der Waals surface area contributed by atoms with E-state index in [0.29, 0.717) is 23.9 Å². The Balaban J connectivity index is 0.00000225. The number of rotatable bonds is 4. The first-order chi connectivity index (χ1) is 12.9. The number of carbonyl (C=O) groups is 1. The Kier molecular flexibility index (Phi) is 5.42. The highest BCUT2D eigenvalue weighted by molar-refractivity contribution is 5.95. The lowest BCUT2D eigenvalue weighted by Crippen LogP contribution is -2.40. The molecule has 3 N–H and O–H groups in total. The molecule has 152 valence electrons. The van der Waals surface area contributed by atoms with Gasteiger partial charge in [0.1, 0.15) is 11.4 Å². The summed E-state index contributed by atoms with van der Waals surface area (Å²) in [4.78, 5) is 24.2. The summed E-state index contributed by atoms with van der Waals surface area (Å²) in [6, 6.07) is 1.22. The molecule has 2 aliphatic carbocycles. The molecular weight excluding hydrogens is 387 g/mol. The molecule has 0 atom stereocenters. The van der Waals surface area contributed by atoms with Crippen molar-refractivity contribution in [3.05, 3.63) is 39.4 Å². The standard InChI is InChI=1S/C20H23FN2O4.ClH/c1-27-18-15(20(22)7-3-2-4-8-20)14(21)9-12-16(18)23(11-5-6-11)10-13(17(12)24)19(25)26;/h9-11H,2-8,22H2,1H3,(H,25,26);1H. The topological polar surface area (TPSA) is 94.6 Å². The first-order valence-corrected chi connectivity index (χ1v) is 9.35. The number of carboxylic acid groups (broad SMARTS) is 1. The number of aromatic carboxylic acids is 1. The van der Waals surface area contributed by atoms with Crippen LogP contribution >= 0.6 is 12.4 Å². The van der Waals surface area contributed by atoms with Crippen LogP contribution in [-0.4, -0.2) is 22.8 Å². The minimum atomic E-state index is -1.32. The van der Waals surface area contributed by atoms with Gasteiger partial charge < -0.3 is 20.1 Å². The number of nitrogens with zero attached hydrogens (tertiary/aromatic N) is 1. The number of methoxy groups -OCH3 is 1. The van der Waals surface area contributed by atoms with Gasteiger partial charge in [-0.15, -0.1) is 12.4 Å². The zero-order chi connectivity index (χ0) is 19.3. The Hall–Kier alpha value is -2.12. The number of nitrogens with two attached hydrogens (primary N) is 1. The number of fused-ring (bicyclic) bond motifs is 1. The molecule has 8 heteroatoms. The molecule has 6 nitrogen and oxygen atoms in total. The second-order valence-electron chi connectivity index (χ2n) is 7.70. The molecule has 0 bridgehead atoms. The molecule has 28 heavy (non-hydrogen) atoms. The number of pyridine rings is 1. The quantitative estimate of drug-likeness (QED) is 0.800. The zero-order valence-corrected chi connectivity index (χ0v) is 16.5. The summed E-state index contributed by atoms with van der Waals surface area (Å²) in [7, 11) is 1.44. The first-order valence-electron chi connectivity index (χ1n) is 9.35. The van der Waals surface area contributed by atoms with Gasteiger partial charge in [-0.25, -0.2) is 9.18 Å². The molecule has 1 heterocycles. The minimum Gasteiger partial charge on any atom is -0.494 e. The number of hydrogen-bond donors (Lipinski definition) is 2. The summed E-state index contributed by atoms with van der Waals surface area (Å²) in [6.07, 6.45) is 7.28. The van der Waals surface area contributed by atoms with Gasteiger partial charge in [0.05, 0.1) is 23.6 Å². The van der Waals surface area contributed by atoms with Gasteiger partial charge in [-0.2, -0.15) is 0 Å². The maximum Gasteiger partial charge on any atom is 0.341 e. The van der Waals surface area contributed by atoms with Crippen LogP contribution in [0, 0.1) is 5.82 Å². The van der Waals surface area contributed by atoms with Crippen molar-refractivity contribution in [1.82, 2.24) is 4.57 Å². The van der Waals surface area contributed by atoms with Crippen molar-refractivity contribution < 1.29 is 19.0 Å². The predicted octanol–water partition coefficient (Wildman–Crippen LogP) is 3.72. The van der Waals surface area contributed by atoms with E-state index in [1.807, 2.05) is 0 Å². The average molecular weight is 411 g/mol. The van der Waals surface area contributed by atoms with E-state index in [0.717, 1.165) is 38.2 Å². The van der Waals surface area contributed by atoms with Gasteiger partial charge in [-0.05, 0) is 31.7 Å². The zero-order valence-electron chi connectivity index (χ0n) is 15.7. The normalized spacial score (nSPS) is 18.5. The van der Waals surface area contributed by atoms with Crippen LogP contribution in [0.2, 0.25) is 0 Å². The highest BCUT2D eigenvalue weighted by atomic mass is 35.5. The van der Waals surface area contributed by atoms with Crippen molar-refractivity contribution in [2.45, 2.75) is 56.5 Å². The van der Waals surface area contributed by atoms with E-state index in [1.165, 1.54) is 13.3 Å². The van der Waals surface area contributed by atoms with Crippen molar-refractivity contribution >= 4 is 29.3 Å². The number of aromatic nitrogens is 1. The molecule has 0 saturated heterocycles. The molecule has 2 aromatic rings. The Bertz CT molecular complexity index is 994. The molecule has 0 aliphatic heterocycles. The third-order valence-corrected chi connectivity index (χ3v) is 5.84. The highest BCUT2D eigenvalue weighted by Gasteiger charge is 2.38. The van der Waals surface area contributed by atoms with E-state index in [9.17, 15) is 14.7 Å². The van der Waals surface area contributed by atoms with E-state index in [-0.39, 0.29) is 35.1 Å². The number of carboxylic acids is 1. The third-order valence-electron chi connectivity index (χ3n) is 5.84. The van der Waals surface area contributed by atoms with Gasteiger partial charge >= 0.3 is 5.97 Å². The summed E-state index contributed by atoms with van der Waals surface area (Å²) in [5.74, 6) is -1.66. The van der Waals surface area contributed by atoms with Gasteiger partial charge in [-0.1, -0.05) is 19.3 Å². The van der Waals surface area contributed by atoms with Crippen LogP contribution in [0.5, 0.6) is 5.75 Å². The Labute approximate surface area is 167 Å². The second kappa shape index (κ2) is 7.37. The van der Waals surface area contributed by atoms with Crippen molar-refractivity contribution in [3.63, 3.8) is 0 Å². The molecule has 0 radical (unpaired) electrons. The largest absolute Gasteiger partial charge is 0.494 e. The molecule has 2 aliphatic rings. The van der Waals surface area contributed by atoms with Crippen LogP contribution < -0.4 is 15.9 Å². The van der Waals surface area contributed by atoms with E-state index in [2.05, 4.69) is 0 Å². The number of benzene rings is 1. The summed E-state index contributed by atoms with van der Waals surface area (Å²) in [5, 5.41) is 9.42. The van der Waals surface area contributed by atoms with E-state index >= 15 is 4.39 Å². The van der Waals surface area contributed by atoms with Gasteiger partial charge in [0.25, 0.3) is 0 Å². The number of halogens is 2. The van der Waals surface area contributed by atoms with Crippen molar-refractivity contribution in [2.24, 2.45) is 5.73 Å².